The summed E-state index contributed by atoms with van der Waals surface area (Å²) in [5.41, 5.74) is 0.468. The van der Waals surface area contributed by atoms with E-state index in [1.165, 1.54) is 36.4 Å². The van der Waals surface area contributed by atoms with Crippen LogP contribution in [0.5, 0.6) is 5.75 Å². The van der Waals surface area contributed by atoms with E-state index in [2.05, 4.69) is 10.0 Å². The molecule has 2 N–H and O–H groups in total. The monoisotopic (exact) mass is 380 g/mol. The molecule has 0 fully saturated rings. The Morgan fingerprint density at radius 3 is 2.46 bits per heavy atom. The first-order valence-corrected chi connectivity index (χ1v) is 9.67. The molecular formula is C18H21FN2O4S. The second kappa shape index (κ2) is 9.30. The standard InChI is InChI=1S/C18H21FN2O4S/c1-2-12-20-26(23,24)15-9-7-14(8-10-15)21-18(22)11-13-25-17-6-4-3-5-16(17)19/h3-10,20H,2,11-13H2,1H3,(H,21,22). The second-order valence-electron chi connectivity index (χ2n) is 5.50. The van der Waals surface area contributed by atoms with E-state index >= 15 is 0 Å². The Labute approximate surface area is 152 Å². The molecule has 0 saturated carbocycles. The highest BCUT2D eigenvalue weighted by molar-refractivity contribution is 7.89. The van der Waals surface area contributed by atoms with Gasteiger partial charge in [0.25, 0.3) is 0 Å². The van der Waals surface area contributed by atoms with E-state index in [1.54, 1.807) is 12.1 Å². The molecule has 0 atom stereocenters. The maximum Gasteiger partial charge on any atom is 0.240 e. The molecule has 0 unspecified atom stereocenters. The second-order valence-corrected chi connectivity index (χ2v) is 7.27. The average molecular weight is 380 g/mol. The van der Waals surface area contributed by atoms with E-state index in [0.29, 0.717) is 18.7 Å². The number of carbonyl (C=O) groups excluding carboxylic acids is 1. The summed E-state index contributed by atoms with van der Waals surface area (Å²) in [7, 11) is -3.53. The number of halogens is 1. The van der Waals surface area contributed by atoms with Gasteiger partial charge in [0.05, 0.1) is 17.9 Å². The number of hydrogen-bond acceptors (Lipinski definition) is 4. The van der Waals surface area contributed by atoms with Crippen LogP contribution in [0.15, 0.2) is 53.4 Å². The zero-order valence-electron chi connectivity index (χ0n) is 14.4. The number of amides is 1. The third-order valence-electron chi connectivity index (χ3n) is 3.41. The number of nitrogens with one attached hydrogen (secondary N) is 2. The Morgan fingerprint density at radius 1 is 1.12 bits per heavy atom. The summed E-state index contributed by atoms with van der Waals surface area (Å²) < 4.78 is 45.1. The van der Waals surface area contributed by atoms with Crippen molar-refractivity contribution >= 4 is 21.6 Å². The highest BCUT2D eigenvalue weighted by Gasteiger charge is 2.13. The SMILES string of the molecule is CCCNS(=O)(=O)c1ccc(NC(=O)CCOc2ccccc2F)cc1. The first kappa shape index (κ1) is 19.9. The van der Waals surface area contributed by atoms with Gasteiger partial charge in [-0.3, -0.25) is 4.79 Å². The summed E-state index contributed by atoms with van der Waals surface area (Å²) in [6, 6.07) is 11.8. The zero-order chi connectivity index (χ0) is 19.0. The van der Waals surface area contributed by atoms with E-state index in [4.69, 9.17) is 4.74 Å². The average Bonchev–Trinajstić information content (AvgIpc) is 2.62. The Morgan fingerprint density at radius 2 is 1.81 bits per heavy atom. The number of anilines is 1. The molecule has 6 nitrogen and oxygen atoms in total. The maximum atomic E-state index is 13.4. The summed E-state index contributed by atoms with van der Waals surface area (Å²) >= 11 is 0. The van der Waals surface area contributed by atoms with Crippen LogP contribution < -0.4 is 14.8 Å². The van der Waals surface area contributed by atoms with E-state index in [1.807, 2.05) is 6.92 Å². The van der Waals surface area contributed by atoms with Crippen molar-refractivity contribution in [1.82, 2.24) is 4.72 Å². The Hall–Kier alpha value is -2.45. The topological polar surface area (TPSA) is 84.5 Å². The molecule has 0 aliphatic rings. The smallest absolute Gasteiger partial charge is 0.240 e. The minimum atomic E-state index is -3.53. The number of rotatable bonds is 9. The first-order chi connectivity index (χ1) is 12.4. The summed E-state index contributed by atoms with van der Waals surface area (Å²) in [5.74, 6) is -0.711. The van der Waals surface area contributed by atoms with Gasteiger partial charge in [-0.25, -0.2) is 17.5 Å². The van der Waals surface area contributed by atoms with Crippen LogP contribution in [-0.2, 0) is 14.8 Å². The van der Waals surface area contributed by atoms with Gasteiger partial charge in [-0.15, -0.1) is 0 Å². The maximum absolute atomic E-state index is 13.4. The minimum absolute atomic E-state index is 0.0279. The van der Waals surface area contributed by atoms with Gasteiger partial charge in [-0.1, -0.05) is 19.1 Å². The summed E-state index contributed by atoms with van der Waals surface area (Å²) in [4.78, 5) is 12.0. The van der Waals surface area contributed by atoms with Crippen LogP contribution in [0.1, 0.15) is 19.8 Å². The van der Waals surface area contributed by atoms with Crippen LogP contribution in [0, 0.1) is 5.82 Å². The molecule has 0 heterocycles. The van der Waals surface area contributed by atoms with E-state index in [9.17, 15) is 17.6 Å². The van der Waals surface area contributed by atoms with Crippen LogP contribution >= 0.6 is 0 Å². The lowest BCUT2D eigenvalue weighted by Crippen LogP contribution is -2.24. The van der Waals surface area contributed by atoms with Gasteiger partial charge in [-0.2, -0.15) is 0 Å². The summed E-state index contributed by atoms with van der Waals surface area (Å²) in [6.45, 7) is 2.26. The molecule has 2 aromatic rings. The van der Waals surface area contributed by atoms with Gasteiger partial charge in [0.1, 0.15) is 0 Å². The highest BCUT2D eigenvalue weighted by Crippen LogP contribution is 2.16. The van der Waals surface area contributed by atoms with Crippen molar-refractivity contribution in [3.05, 3.63) is 54.3 Å². The molecule has 1 amide bonds. The van der Waals surface area contributed by atoms with Crippen molar-refractivity contribution in [3.63, 3.8) is 0 Å². The molecule has 0 spiro atoms. The van der Waals surface area contributed by atoms with Crippen molar-refractivity contribution in [2.75, 3.05) is 18.5 Å². The van der Waals surface area contributed by atoms with Crippen LogP contribution in [-0.4, -0.2) is 27.5 Å². The predicted octanol–water partition coefficient (Wildman–Crippen LogP) is 2.92. The van der Waals surface area contributed by atoms with Gasteiger partial charge in [0.15, 0.2) is 11.6 Å². The quantitative estimate of drug-likeness (QED) is 0.701. The normalized spacial score (nSPS) is 11.2. The highest BCUT2D eigenvalue weighted by atomic mass is 32.2. The van der Waals surface area contributed by atoms with Crippen LogP contribution in [0.25, 0.3) is 0 Å². The van der Waals surface area contributed by atoms with Gasteiger partial charge in [0.2, 0.25) is 15.9 Å². The molecule has 0 saturated heterocycles. The molecule has 0 bridgehead atoms. The number of para-hydroxylation sites is 1. The van der Waals surface area contributed by atoms with E-state index < -0.39 is 15.8 Å². The molecule has 0 aromatic heterocycles. The van der Waals surface area contributed by atoms with E-state index in [-0.39, 0.29) is 29.6 Å². The number of hydrogen-bond donors (Lipinski definition) is 2. The molecule has 26 heavy (non-hydrogen) atoms. The summed E-state index contributed by atoms with van der Waals surface area (Å²) in [5, 5.41) is 2.64. The fourth-order valence-electron chi connectivity index (χ4n) is 2.08. The zero-order valence-corrected chi connectivity index (χ0v) is 15.2. The van der Waals surface area contributed by atoms with Crippen LogP contribution in [0.3, 0.4) is 0 Å². The van der Waals surface area contributed by atoms with Crippen molar-refractivity contribution in [3.8, 4) is 5.75 Å². The first-order valence-electron chi connectivity index (χ1n) is 8.19. The van der Waals surface area contributed by atoms with Crippen molar-refractivity contribution < 1.29 is 22.3 Å². The Bertz CT molecular complexity index is 839. The third-order valence-corrected chi connectivity index (χ3v) is 4.89. The Kier molecular flexibility index (Phi) is 7.11. The number of ether oxygens (including phenoxy) is 1. The van der Waals surface area contributed by atoms with Crippen LogP contribution in [0.2, 0.25) is 0 Å². The fraction of sp³-hybridized carbons (Fsp3) is 0.278. The summed E-state index contributed by atoms with van der Waals surface area (Å²) in [6.07, 6.45) is 0.731. The van der Waals surface area contributed by atoms with Gasteiger partial charge >= 0.3 is 0 Å². The molecule has 140 valence electrons. The van der Waals surface area contributed by atoms with E-state index in [0.717, 1.165) is 0 Å². The molecule has 2 aromatic carbocycles. The third kappa shape index (κ3) is 5.82. The molecule has 0 aliphatic carbocycles. The Balaban J connectivity index is 1.84. The van der Waals surface area contributed by atoms with Gasteiger partial charge in [0, 0.05) is 12.2 Å². The van der Waals surface area contributed by atoms with Gasteiger partial charge in [-0.05, 0) is 42.8 Å². The molecule has 2 rings (SSSR count). The van der Waals surface area contributed by atoms with Crippen molar-refractivity contribution in [2.45, 2.75) is 24.7 Å². The number of sulfonamides is 1. The number of carbonyl (C=O) groups is 1. The lowest BCUT2D eigenvalue weighted by atomic mass is 10.3. The van der Waals surface area contributed by atoms with Gasteiger partial charge < -0.3 is 10.1 Å². The van der Waals surface area contributed by atoms with Crippen LogP contribution in [0.4, 0.5) is 10.1 Å². The lowest BCUT2D eigenvalue weighted by Gasteiger charge is -2.09. The molecule has 0 radical (unpaired) electrons. The molecule has 0 aliphatic heterocycles. The van der Waals surface area contributed by atoms with Crippen molar-refractivity contribution in [2.24, 2.45) is 0 Å². The van der Waals surface area contributed by atoms with Crippen molar-refractivity contribution in [1.29, 1.82) is 0 Å². The fourth-order valence-corrected chi connectivity index (χ4v) is 3.21. The lowest BCUT2D eigenvalue weighted by molar-refractivity contribution is -0.116. The predicted molar refractivity (Wildman–Crippen MR) is 97.1 cm³/mol. The molecular weight excluding hydrogens is 359 g/mol. The molecule has 8 heteroatoms. The number of benzene rings is 2. The minimum Gasteiger partial charge on any atom is -0.490 e. The largest absolute Gasteiger partial charge is 0.490 e.